The lowest BCUT2D eigenvalue weighted by Gasteiger charge is -2.16. The van der Waals surface area contributed by atoms with E-state index in [0.717, 1.165) is 53.3 Å². The molecule has 9 nitrogen and oxygen atoms in total. The fourth-order valence-electron chi connectivity index (χ4n) is 4.30. The van der Waals surface area contributed by atoms with Crippen molar-refractivity contribution in [1.82, 2.24) is 19.9 Å². The van der Waals surface area contributed by atoms with Gasteiger partial charge in [-0.3, -0.25) is 4.79 Å². The molecule has 0 saturated carbocycles. The lowest BCUT2D eigenvalue weighted by molar-refractivity contribution is -0.121. The number of hydrogen-bond donors (Lipinski definition) is 2. The number of ether oxygens (including phenoxy) is 3. The molecule has 0 aliphatic rings. The molecule has 9 heteroatoms. The zero-order chi connectivity index (χ0) is 24.8. The molecule has 2 heterocycles. The second-order valence-electron chi connectivity index (χ2n) is 8.23. The van der Waals surface area contributed by atoms with Crippen LogP contribution in [-0.4, -0.2) is 41.8 Å². The molecule has 184 valence electrons. The van der Waals surface area contributed by atoms with E-state index in [2.05, 4.69) is 19.9 Å². The second kappa shape index (κ2) is 10.9. The molecule has 0 atom stereocenters. The number of pyridine rings is 1. The quantitative estimate of drug-likeness (QED) is 0.313. The van der Waals surface area contributed by atoms with Crippen molar-refractivity contribution in [3.05, 3.63) is 48.3 Å². The number of unbranched alkanes of at least 4 members (excludes halogenated alkanes) is 2. The molecule has 0 saturated heterocycles. The number of imidazole rings is 1. The Balaban J connectivity index is 1.28. The molecule has 0 fully saturated rings. The van der Waals surface area contributed by atoms with Crippen LogP contribution in [0.25, 0.3) is 21.9 Å². The van der Waals surface area contributed by atoms with Gasteiger partial charge in [-0.2, -0.15) is 0 Å². The van der Waals surface area contributed by atoms with E-state index in [-0.39, 0.29) is 5.91 Å². The summed E-state index contributed by atoms with van der Waals surface area (Å²) in [5, 5.41) is 4.01. The molecular weight excluding hydrogens is 446 g/mol. The van der Waals surface area contributed by atoms with Crippen molar-refractivity contribution in [2.45, 2.75) is 38.8 Å². The fourth-order valence-corrected chi connectivity index (χ4v) is 4.30. The van der Waals surface area contributed by atoms with Crippen LogP contribution in [0.5, 0.6) is 17.2 Å². The first kappa shape index (κ1) is 24.1. The van der Waals surface area contributed by atoms with Gasteiger partial charge in [0.05, 0.1) is 38.7 Å². The number of nitrogens with two attached hydrogens (primary N) is 1. The summed E-state index contributed by atoms with van der Waals surface area (Å²) < 4.78 is 18.3. The molecular formula is C26H31N5O4. The Morgan fingerprint density at radius 1 is 1.00 bits per heavy atom. The number of aromatic nitrogens is 3. The monoisotopic (exact) mass is 477 g/mol. The van der Waals surface area contributed by atoms with Gasteiger partial charge in [-0.25, -0.2) is 9.97 Å². The van der Waals surface area contributed by atoms with Crippen LogP contribution in [0.3, 0.4) is 0 Å². The average Bonchev–Trinajstić information content (AvgIpc) is 3.31. The molecule has 0 spiro atoms. The minimum absolute atomic E-state index is 0.000222. The number of carbonyl (C=O) groups excluding carboxylic acids is 1. The Labute approximate surface area is 204 Å². The second-order valence-corrected chi connectivity index (χ2v) is 8.23. The van der Waals surface area contributed by atoms with Crippen molar-refractivity contribution in [2.75, 3.05) is 27.1 Å². The van der Waals surface area contributed by atoms with Crippen LogP contribution >= 0.6 is 0 Å². The van der Waals surface area contributed by atoms with Gasteiger partial charge in [0.2, 0.25) is 11.7 Å². The van der Waals surface area contributed by atoms with Gasteiger partial charge in [-0.05, 0) is 31.0 Å². The van der Waals surface area contributed by atoms with E-state index < -0.39 is 0 Å². The zero-order valence-corrected chi connectivity index (χ0v) is 20.3. The smallest absolute Gasteiger partial charge is 0.220 e. The lowest BCUT2D eigenvalue weighted by atomic mass is 10.1. The number of hydrogen-bond acceptors (Lipinski definition) is 7. The molecule has 35 heavy (non-hydrogen) atoms. The number of para-hydroxylation sites is 1. The van der Waals surface area contributed by atoms with Gasteiger partial charge in [0.1, 0.15) is 5.52 Å². The van der Waals surface area contributed by atoms with E-state index in [1.165, 1.54) is 0 Å². The fraction of sp³-hybridized carbons (Fsp3) is 0.346. The number of anilines is 1. The summed E-state index contributed by atoms with van der Waals surface area (Å²) in [6, 6.07) is 11.6. The van der Waals surface area contributed by atoms with Crippen molar-refractivity contribution in [1.29, 1.82) is 0 Å². The first-order chi connectivity index (χ1) is 17.1. The molecule has 0 aliphatic heterocycles. The number of benzene rings is 2. The van der Waals surface area contributed by atoms with Crippen LogP contribution in [0.4, 0.5) is 5.82 Å². The largest absolute Gasteiger partial charge is 0.493 e. The molecule has 0 bridgehead atoms. The number of rotatable bonds is 11. The molecule has 0 unspecified atom stereocenters. The molecule has 3 N–H and O–H groups in total. The van der Waals surface area contributed by atoms with Crippen molar-refractivity contribution >= 4 is 33.7 Å². The van der Waals surface area contributed by atoms with Crippen molar-refractivity contribution < 1.29 is 19.0 Å². The third-order valence-electron chi connectivity index (χ3n) is 6.05. The van der Waals surface area contributed by atoms with Crippen LogP contribution in [-0.2, 0) is 17.9 Å². The Hall–Kier alpha value is -4.01. The number of methoxy groups -OCH3 is 3. The maximum atomic E-state index is 12.4. The van der Waals surface area contributed by atoms with Gasteiger partial charge in [0.25, 0.3) is 0 Å². The minimum atomic E-state index is -0.000222. The molecule has 0 radical (unpaired) electrons. The van der Waals surface area contributed by atoms with Gasteiger partial charge in [-0.15, -0.1) is 0 Å². The maximum absolute atomic E-state index is 12.4. The highest BCUT2D eigenvalue weighted by Gasteiger charge is 2.16. The Bertz CT molecular complexity index is 1330. The summed E-state index contributed by atoms with van der Waals surface area (Å²) in [6.07, 6.45) is 4.93. The van der Waals surface area contributed by atoms with Crippen LogP contribution in [0.2, 0.25) is 0 Å². The normalized spacial score (nSPS) is 11.1. The summed E-state index contributed by atoms with van der Waals surface area (Å²) in [6.45, 7) is 1.15. The highest BCUT2D eigenvalue weighted by atomic mass is 16.5. The van der Waals surface area contributed by atoms with E-state index in [1.807, 2.05) is 36.7 Å². The predicted octanol–water partition coefficient (Wildman–Crippen LogP) is 4.07. The highest BCUT2D eigenvalue weighted by molar-refractivity contribution is 6.06. The standard InChI is InChI=1S/C26H31N5O4/c1-33-20-13-12-17(24(34-2)25(20)35-3)15-28-21(32)11-5-4-8-14-31-16-29-22-23(31)18-9-6-7-10-19(18)30-26(22)27/h6-7,9-10,12-13,16H,4-5,8,11,14-15H2,1-3H3,(H2,27,30)(H,28,32). The molecule has 4 rings (SSSR count). The van der Waals surface area contributed by atoms with Gasteiger partial charge < -0.3 is 29.8 Å². The van der Waals surface area contributed by atoms with Gasteiger partial charge in [0, 0.05) is 30.5 Å². The van der Waals surface area contributed by atoms with Gasteiger partial charge in [0.15, 0.2) is 17.3 Å². The molecule has 2 aromatic carbocycles. The van der Waals surface area contributed by atoms with Crippen LogP contribution in [0.15, 0.2) is 42.7 Å². The first-order valence-electron chi connectivity index (χ1n) is 11.6. The molecule has 0 aliphatic carbocycles. The van der Waals surface area contributed by atoms with E-state index in [4.69, 9.17) is 19.9 Å². The Morgan fingerprint density at radius 2 is 1.80 bits per heavy atom. The summed E-state index contributed by atoms with van der Waals surface area (Å²) in [4.78, 5) is 21.3. The zero-order valence-electron chi connectivity index (χ0n) is 20.3. The molecule has 4 aromatic rings. The third kappa shape index (κ3) is 5.08. The highest BCUT2D eigenvalue weighted by Crippen LogP contribution is 2.39. The topological polar surface area (TPSA) is 114 Å². The van der Waals surface area contributed by atoms with Crippen LogP contribution < -0.4 is 25.3 Å². The maximum Gasteiger partial charge on any atom is 0.220 e. The summed E-state index contributed by atoms with van der Waals surface area (Å²) in [5.41, 5.74) is 9.54. The summed E-state index contributed by atoms with van der Waals surface area (Å²) in [7, 11) is 4.70. The lowest BCUT2D eigenvalue weighted by Crippen LogP contribution is -2.22. The average molecular weight is 478 g/mol. The van der Waals surface area contributed by atoms with Gasteiger partial charge in [-0.1, -0.05) is 24.6 Å². The van der Waals surface area contributed by atoms with E-state index in [9.17, 15) is 4.79 Å². The first-order valence-corrected chi connectivity index (χ1v) is 11.6. The molecule has 2 aromatic heterocycles. The third-order valence-corrected chi connectivity index (χ3v) is 6.05. The summed E-state index contributed by atoms with van der Waals surface area (Å²) in [5.74, 6) is 2.10. The number of amides is 1. The summed E-state index contributed by atoms with van der Waals surface area (Å²) >= 11 is 0. The SMILES string of the molecule is COc1ccc(CNC(=O)CCCCCn2cnc3c(N)nc4ccccc4c32)c(OC)c1OC. The van der Waals surface area contributed by atoms with E-state index in [0.29, 0.717) is 36.0 Å². The Morgan fingerprint density at radius 3 is 2.57 bits per heavy atom. The van der Waals surface area contributed by atoms with Crippen molar-refractivity contribution in [2.24, 2.45) is 0 Å². The van der Waals surface area contributed by atoms with E-state index >= 15 is 0 Å². The number of fused-ring (bicyclic) bond motifs is 3. The number of nitrogens with one attached hydrogen (secondary N) is 1. The predicted molar refractivity (Wildman–Crippen MR) is 136 cm³/mol. The van der Waals surface area contributed by atoms with Crippen molar-refractivity contribution in [3.8, 4) is 17.2 Å². The van der Waals surface area contributed by atoms with E-state index in [1.54, 1.807) is 27.4 Å². The number of nitrogen functional groups attached to an aromatic ring is 1. The number of carbonyl (C=O) groups is 1. The van der Waals surface area contributed by atoms with Crippen LogP contribution in [0.1, 0.15) is 31.2 Å². The van der Waals surface area contributed by atoms with Gasteiger partial charge >= 0.3 is 0 Å². The van der Waals surface area contributed by atoms with Crippen LogP contribution in [0, 0.1) is 0 Å². The number of aryl methyl sites for hydroxylation is 1. The number of nitrogens with zero attached hydrogens (tertiary/aromatic N) is 3. The van der Waals surface area contributed by atoms with Crippen molar-refractivity contribution in [3.63, 3.8) is 0 Å². The Kier molecular flexibility index (Phi) is 7.54. The minimum Gasteiger partial charge on any atom is -0.493 e. The molecule has 1 amide bonds.